The Balaban J connectivity index is 1.96. The van der Waals surface area contributed by atoms with Crippen LogP contribution in [0.4, 0.5) is 0 Å². The van der Waals surface area contributed by atoms with Crippen LogP contribution in [0.2, 0.25) is 0 Å². The average molecular weight is 309 g/mol. The molecule has 3 nitrogen and oxygen atoms in total. The Morgan fingerprint density at radius 3 is 2.78 bits per heavy atom. The molecule has 1 saturated carbocycles. The number of nitrogens with two attached hydrogens (primary N) is 1. The monoisotopic (exact) mass is 308 g/mol. The average Bonchev–Trinajstić information content (AvgIpc) is 3.09. The number of benzene rings is 1. The fourth-order valence-electron chi connectivity index (χ4n) is 1.93. The van der Waals surface area contributed by atoms with Gasteiger partial charge >= 0.3 is 0 Å². The predicted molar refractivity (Wildman–Crippen MR) is 74.3 cm³/mol. The number of halogens is 1. The Labute approximate surface area is 116 Å². The fourth-order valence-corrected chi connectivity index (χ4v) is 2.47. The number of hydrogen-bond acceptors (Lipinski definition) is 3. The Morgan fingerprint density at radius 1 is 1.44 bits per heavy atom. The minimum atomic E-state index is 0.115. The third-order valence-corrected chi connectivity index (χ3v) is 3.99. The maximum Gasteiger partial charge on any atom is 0.133 e. The smallest absolute Gasteiger partial charge is 0.133 e. The van der Waals surface area contributed by atoms with Gasteiger partial charge in [0.05, 0.1) is 17.1 Å². The summed E-state index contributed by atoms with van der Waals surface area (Å²) in [6.07, 6.45) is 3.67. The Kier molecular flexibility index (Phi) is 4.26. The summed E-state index contributed by atoms with van der Waals surface area (Å²) in [6.45, 7) is 1.29. The van der Waals surface area contributed by atoms with Crippen molar-refractivity contribution in [2.24, 2.45) is 11.1 Å². The number of nitriles is 1. The molecule has 0 radical (unpaired) electrons. The summed E-state index contributed by atoms with van der Waals surface area (Å²) in [5, 5.41) is 8.76. The molecule has 1 aromatic carbocycles. The predicted octanol–water partition coefficient (Wildman–Crippen LogP) is 3.02. The third-order valence-electron chi connectivity index (χ3n) is 3.37. The maximum atomic E-state index is 8.76. The highest BCUT2D eigenvalue weighted by Crippen LogP contribution is 2.49. The first kappa shape index (κ1) is 13.4. The molecule has 0 unspecified atom stereocenters. The van der Waals surface area contributed by atoms with Crippen LogP contribution in [0.5, 0.6) is 5.75 Å². The van der Waals surface area contributed by atoms with Crippen molar-refractivity contribution in [3.8, 4) is 11.8 Å². The highest BCUT2D eigenvalue weighted by molar-refractivity contribution is 9.10. The molecule has 0 heterocycles. The van der Waals surface area contributed by atoms with Crippen LogP contribution in [0.1, 0.15) is 24.8 Å². The van der Waals surface area contributed by atoms with E-state index in [1.807, 2.05) is 18.2 Å². The number of rotatable bonds is 6. The normalized spacial score (nSPS) is 16.1. The molecule has 18 heavy (non-hydrogen) atoms. The number of ether oxygens (including phenoxy) is 1. The van der Waals surface area contributed by atoms with Crippen molar-refractivity contribution in [2.75, 3.05) is 13.2 Å². The summed E-state index contributed by atoms with van der Waals surface area (Å²) in [5.41, 5.74) is 6.85. The summed E-state index contributed by atoms with van der Waals surface area (Å²) in [7, 11) is 0. The number of hydrogen-bond donors (Lipinski definition) is 1. The molecule has 2 N–H and O–H groups in total. The lowest BCUT2D eigenvalue weighted by molar-refractivity contribution is 0.235. The van der Waals surface area contributed by atoms with Gasteiger partial charge in [0, 0.05) is 11.8 Å². The summed E-state index contributed by atoms with van der Waals surface area (Å²) in [5.74, 6) is 0.847. The zero-order chi connectivity index (χ0) is 13.0. The van der Waals surface area contributed by atoms with Crippen LogP contribution < -0.4 is 10.5 Å². The van der Waals surface area contributed by atoms with Gasteiger partial charge in [0.1, 0.15) is 5.75 Å². The first-order valence-corrected chi connectivity index (χ1v) is 6.97. The van der Waals surface area contributed by atoms with E-state index in [4.69, 9.17) is 15.7 Å². The first-order valence-electron chi connectivity index (χ1n) is 6.17. The molecule has 0 atom stereocenters. The van der Waals surface area contributed by atoms with Crippen molar-refractivity contribution in [1.29, 1.82) is 5.26 Å². The second-order valence-electron chi connectivity index (χ2n) is 4.93. The second kappa shape index (κ2) is 5.73. The van der Waals surface area contributed by atoms with E-state index < -0.39 is 0 Å². The van der Waals surface area contributed by atoms with Crippen LogP contribution in [-0.2, 0) is 6.42 Å². The van der Waals surface area contributed by atoms with E-state index in [-0.39, 0.29) is 5.41 Å². The summed E-state index contributed by atoms with van der Waals surface area (Å²) >= 11 is 3.51. The molecule has 0 spiro atoms. The van der Waals surface area contributed by atoms with Gasteiger partial charge in [-0.05, 0) is 59.4 Å². The maximum absolute atomic E-state index is 8.76. The third kappa shape index (κ3) is 3.24. The van der Waals surface area contributed by atoms with Gasteiger partial charge in [-0.25, -0.2) is 0 Å². The van der Waals surface area contributed by atoms with E-state index in [0.29, 0.717) is 19.6 Å². The fraction of sp³-hybridized carbons (Fsp3) is 0.500. The molecule has 1 aliphatic rings. The summed E-state index contributed by atoms with van der Waals surface area (Å²) in [6, 6.07) is 8.30. The van der Waals surface area contributed by atoms with E-state index in [1.54, 1.807) is 0 Å². The van der Waals surface area contributed by atoms with Crippen molar-refractivity contribution < 1.29 is 4.74 Å². The molecular formula is C14H17BrN2O. The lowest BCUT2D eigenvalue weighted by Gasteiger charge is -2.14. The standard InChI is InChI=1S/C14H17BrN2O/c15-12-9-11(3-7-16)1-2-13(12)18-10-14(4-5-14)6-8-17/h1-2,9H,3-7,10,16H2. The van der Waals surface area contributed by atoms with E-state index in [0.717, 1.165) is 29.5 Å². The quantitative estimate of drug-likeness (QED) is 0.878. The topological polar surface area (TPSA) is 59.0 Å². The van der Waals surface area contributed by atoms with Crippen LogP contribution in [0.25, 0.3) is 0 Å². The lowest BCUT2D eigenvalue weighted by atomic mass is 10.1. The van der Waals surface area contributed by atoms with Crippen LogP contribution in [-0.4, -0.2) is 13.2 Å². The van der Waals surface area contributed by atoms with Crippen molar-refractivity contribution in [3.05, 3.63) is 28.2 Å². The van der Waals surface area contributed by atoms with Gasteiger partial charge in [-0.2, -0.15) is 5.26 Å². The Hall–Kier alpha value is -1.05. The van der Waals surface area contributed by atoms with Gasteiger partial charge in [-0.15, -0.1) is 0 Å². The van der Waals surface area contributed by atoms with Gasteiger partial charge in [-0.3, -0.25) is 0 Å². The zero-order valence-electron chi connectivity index (χ0n) is 10.3. The van der Waals surface area contributed by atoms with E-state index in [9.17, 15) is 0 Å². The van der Waals surface area contributed by atoms with Gasteiger partial charge in [0.25, 0.3) is 0 Å². The zero-order valence-corrected chi connectivity index (χ0v) is 11.9. The SMILES string of the molecule is N#CCC1(COc2ccc(CCN)cc2Br)CC1. The highest BCUT2D eigenvalue weighted by atomic mass is 79.9. The molecule has 1 aliphatic carbocycles. The Bertz CT molecular complexity index is 463. The van der Waals surface area contributed by atoms with Crippen LogP contribution in [0, 0.1) is 16.7 Å². The van der Waals surface area contributed by atoms with Gasteiger partial charge in [0.2, 0.25) is 0 Å². The van der Waals surface area contributed by atoms with Crippen LogP contribution in [0.15, 0.2) is 22.7 Å². The molecule has 1 fully saturated rings. The van der Waals surface area contributed by atoms with Crippen molar-refractivity contribution in [3.63, 3.8) is 0 Å². The summed E-state index contributed by atoms with van der Waals surface area (Å²) in [4.78, 5) is 0. The molecule has 0 aromatic heterocycles. The highest BCUT2D eigenvalue weighted by Gasteiger charge is 2.43. The minimum absolute atomic E-state index is 0.115. The van der Waals surface area contributed by atoms with Gasteiger partial charge in [0.15, 0.2) is 0 Å². The molecular weight excluding hydrogens is 292 g/mol. The molecule has 0 amide bonds. The Morgan fingerprint density at radius 2 is 2.22 bits per heavy atom. The molecule has 96 valence electrons. The van der Waals surface area contributed by atoms with E-state index in [1.165, 1.54) is 5.56 Å². The van der Waals surface area contributed by atoms with Gasteiger partial charge in [-0.1, -0.05) is 6.07 Å². The second-order valence-corrected chi connectivity index (χ2v) is 5.78. The van der Waals surface area contributed by atoms with E-state index >= 15 is 0 Å². The van der Waals surface area contributed by atoms with E-state index in [2.05, 4.69) is 22.0 Å². The lowest BCUT2D eigenvalue weighted by Crippen LogP contribution is -2.12. The molecule has 2 rings (SSSR count). The number of nitrogens with zero attached hydrogens (tertiary/aromatic N) is 1. The minimum Gasteiger partial charge on any atom is -0.492 e. The van der Waals surface area contributed by atoms with Crippen molar-refractivity contribution >= 4 is 15.9 Å². The molecule has 0 saturated heterocycles. The summed E-state index contributed by atoms with van der Waals surface area (Å²) < 4.78 is 6.78. The van der Waals surface area contributed by atoms with Crippen molar-refractivity contribution in [2.45, 2.75) is 25.7 Å². The van der Waals surface area contributed by atoms with Crippen LogP contribution >= 0.6 is 15.9 Å². The van der Waals surface area contributed by atoms with Crippen LogP contribution in [0.3, 0.4) is 0 Å². The molecule has 1 aromatic rings. The van der Waals surface area contributed by atoms with Gasteiger partial charge < -0.3 is 10.5 Å². The van der Waals surface area contributed by atoms with Crippen molar-refractivity contribution in [1.82, 2.24) is 0 Å². The molecule has 0 bridgehead atoms. The first-order chi connectivity index (χ1) is 8.69. The molecule has 0 aliphatic heterocycles. The largest absolute Gasteiger partial charge is 0.492 e. The molecule has 4 heteroatoms.